The average molecular weight is 317 g/mol. The van der Waals surface area contributed by atoms with Crippen molar-refractivity contribution in [1.29, 1.82) is 0 Å². The van der Waals surface area contributed by atoms with E-state index in [-0.39, 0.29) is 16.9 Å². The zero-order valence-electron chi connectivity index (χ0n) is 12.2. The van der Waals surface area contributed by atoms with E-state index in [1.807, 2.05) is 13.8 Å². The Morgan fingerprint density at radius 2 is 2.14 bits per heavy atom. The third-order valence-electron chi connectivity index (χ3n) is 3.56. The number of rotatable bonds is 3. The SMILES string of the molecule is Cc1sc2ncn(CCc3nc(N)cc(=O)[nH]3)c(=O)c2c1C. The molecule has 0 radical (unpaired) electrons. The molecule has 3 aromatic heterocycles. The number of nitrogen functional groups attached to an aromatic ring is 1. The van der Waals surface area contributed by atoms with Crippen LogP contribution in [0, 0.1) is 13.8 Å². The predicted molar refractivity (Wildman–Crippen MR) is 86.3 cm³/mol. The smallest absolute Gasteiger partial charge is 0.262 e. The summed E-state index contributed by atoms with van der Waals surface area (Å²) in [6.07, 6.45) is 1.93. The van der Waals surface area contributed by atoms with Crippen LogP contribution in [0.1, 0.15) is 16.3 Å². The number of fused-ring (bicyclic) bond motifs is 1. The minimum atomic E-state index is -0.298. The van der Waals surface area contributed by atoms with Gasteiger partial charge in [0.1, 0.15) is 16.5 Å². The number of aromatic nitrogens is 4. The molecule has 0 saturated carbocycles. The molecule has 0 aromatic carbocycles. The number of hydrogen-bond acceptors (Lipinski definition) is 6. The Morgan fingerprint density at radius 1 is 1.36 bits per heavy atom. The quantitative estimate of drug-likeness (QED) is 0.749. The minimum absolute atomic E-state index is 0.0712. The van der Waals surface area contributed by atoms with Crippen molar-refractivity contribution in [2.45, 2.75) is 26.8 Å². The zero-order chi connectivity index (χ0) is 15.9. The Hall–Kier alpha value is -2.48. The third-order valence-corrected chi connectivity index (χ3v) is 4.67. The number of aromatic amines is 1. The molecule has 22 heavy (non-hydrogen) atoms. The number of H-pyrrole nitrogens is 1. The van der Waals surface area contributed by atoms with E-state index in [0.717, 1.165) is 15.3 Å². The van der Waals surface area contributed by atoms with Gasteiger partial charge in [-0.05, 0) is 19.4 Å². The molecule has 0 unspecified atom stereocenters. The molecular weight excluding hydrogens is 302 g/mol. The Labute approximate surface area is 129 Å². The number of anilines is 1. The summed E-state index contributed by atoms with van der Waals surface area (Å²) in [5.74, 6) is 0.624. The Bertz CT molecular complexity index is 970. The molecule has 0 fully saturated rings. The predicted octanol–water partition coefficient (Wildman–Crippen LogP) is 0.983. The van der Waals surface area contributed by atoms with Crippen molar-refractivity contribution in [2.24, 2.45) is 0 Å². The topological polar surface area (TPSA) is 107 Å². The highest BCUT2D eigenvalue weighted by atomic mass is 32.1. The zero-order valence-corrected chi connectivity index (χ0v) is 13.0. The van der Waals surface area contributed by atoms with Crippen LogP contribution in [0.4, 0.5) is 5.82 Å². The monoisotopic (exact) mass is 317 g/mol. The first kappa shape index (κ1) is 14.5. The normalized spacial score (nSPS) is 11.2. The largest absolute Gasteiger partial charge is 0.383 e. The van der Waals surface area contributed by atoms with Crippen LogP contribution in [0.5, 0.6) is 0 Å². The molecule has 3 N–H and O–H groups in total. The fourth-order valence-corrected chi connectivity index (χ4v) is 3.29. The number of nitrogens with one attached hydrogen (secondary N) is 1. The first-order chi connectivity index (χ1) is 10.5. The van der Waals surface area contributed by atoms with E-state index < -0.39 is 0 Å². The van der Waals surface area contributed by atoms with Crippen LogP contribution in [-0.2, 0) is 13.0 Å². The molecule has 7 nitrogen and oxygen atoms in total. The van der Waals surface area contributed by atoms with Crippen molar-refractivity contribution in [3.05, 3.63) is 49.4 Å². The molecule has 3 heterocycles. The van der Waals surface area contributed by atoms with Gasteiger partial charge >= 0.3 is 0 Å². The highest BCUT2D eigenvalue weighted by Crippen LogP contribution is 2.25. The first-order valence-corrected chi connectivity index (χ1v) is 7.58. The minimum Gasteiger partial charge on any atom is -0.383 e. The van der Waals surface area contributed by atoms with Crippen molar-refractivity contribution in [1.82, 2.24) is 19.5 Å². The Kier molecular flexibility index (Phi) is 3.53. The van der Waals surface area contributed by atoms with E-state index in [1.54, 1.807) is 0 Å². The molecule has 114 valence electrons. The highest BCUT2D eigenvalue weighted by Gasteiger charge is 2.12. The van der Waals surface area contributed by atoms with E-state index in [4.69, 9.17) is 5.73 Å². The summed E-state index contributed by atoms with van der Waals surface area (Å²) in [6, 6.07) is 1.22. The van der Waals surface area contributed by atoms with Gasteiger partial charge in [-0.1, -0.05) is 0 Å². The molecule has 0 atom stereocenters. The van der Waals surface area contributed by atoms with Crippen LogP contribution in [0.15, 0.2) is 22.0 Å². The van der Waals surface area contributed by atoms with Gasteiger partial charge in [-0.15, -0.1) is 11.3 Å². The summed E-state index contributed by atoms with van der Waals surface area (Å²) in [5, 5.41) is 0.666. The summed E-state index contributed by atoms with van der Waals surface area (Å²) < 4.78 is 1.53. The molecule has 3 aromatic rings. The van der Waals surface area contributed by atoms with Crippen LogP contribution in [-0.4, -0.2) is 19.5 Å². The van der Waals surface area contributed by atoms with Crippen LogP contribution in [0.3, 0.4) is 0 Å². The van der Waals surface area contributed by atoms with Crippen molar-refractivity contribution < 1.29 is 0 Å². The third kappa shape index (κ3) is 2.52. The van der Waals surface area contributed by atoms with E-state index in [9.17, 15) is 9.59 Å². The highest BCUT2D eigenvalue weighted by molar-refractivity contribution is 7.18. The fourth-order valence-electron chi connectivity index (χ4n) is 2.30. The lowest BCUT2D eigenvalue weighted by Crippen LogP contribution is -2.23. The number of thiophene rings is 1. The average Bonchev–Trinajstić information content (AvgIpc) is 2.73. The van der Waals surface area contributed by atoms with Crippen LogP contribution < -0.4 is 16.9 Å². The lowest BCUT2D eigenvalue weighted by atomic mass is 10.2. The molecule has 0 aliphatic heterocycles. The Balaban J connectivity index is 1.94. The van der Waals surface area contributed by atoms with Gasteiger partial charge in [-0.3, -0.25) is 14.2 Å². The first-order valence-electron chi connectivity index (χ1n) is 6.76. The maximum absolute atomic E-state index is 12.5. The number of nitrogens with two attached hydrogens (primary N) is 1. The second kappa shape index (κ2) is 5.38. The molecule has 0 aliphatic rings. The lowest BCUT2D eigenvalue weighted by molar-refractivity contribution is 0.642. The molecule has 0 aliphatic carbocycles. The van der Waals surface area contributed by atoms with E-state index in [2.05, 4.69) is 15.0 Å². The van der Waals surface area contributed by atoms with Crippen molar-refractivity contribution in [3.8, 4) is 0 Å². The van der Waals surface area contributed by atoms with Gasteiger partial charge in [0.05, 0.1) is 11.7 Å². The van der Waals surface area contributed by atoms with Crippen LogP contribution in [0.2, 0.25) is 0 Å². The van der Waals surface area contributed by atoms with Crippen LogP contribution >= 0.6 is 11.3 Å². The van der Waals surface area contributed by atoms with Crippen molar-refractivity contribution >= 4 is 27.4 Å². The maximum Gasteiger partial charge on any atom is 0.262 e. The summed E-state index contributed by atoms with van der Waals surface area (Å²) in [5.41, 5.74) is 6.15. The standard InChI is InChI=1S/C14H15N5O2S/c1-7-8(2)22-13-12(7)14(21)19(6-16-13)4-3-10-17-9(15)5-11(20)18-10/h5-6H,3-4H2,1-2H3,(H3,15,17,18,20). The van der Waals surface area contributed by atoms with E-state index in [1.165, 1.54) is 28.3 Å². The molecule has 3 rings (SSSR count). The molecule has 0 bridgehead atoms. The van der Waals surface area contributed by atoms with E-state index in [0.29, 0.717) is 24.2 Å². The van der Waals surface area contributed by atoms with Gasteiger partial charge in [-0.25, -0.2) is 9.97 Å². The molecule has 0 saturated heterocycles. The van der Waals surface area contributed by atoms with Gasteiger partial charge in [-0.2, -0.15) is 0 Å². The number of aryl methyl sites for hydroxylation is 4. The van der Waals surface area contributed by atoms with Crippen molar-refractivity contribution in [3.63, 3.8) is 0 Å². The number of nitrogens with zero attached hydrogens (tertiary/aromatic N) is 3. The van der Waals surface area contributed by atoms with Gasteiger partial charge in [0.25, 0.3) is 11.1 Å². The second-order valence-electron chi connectivity index (χ2n) is 5.07. The molecule has 8 heteroatoms. The summed E-state index contributed by atoms with van der Waals surface area (Å²) in [7, 11) is 0. The molecule has 0 spiro atoms. The van der Waals surface area contributed by atoms with Gasteiger partial charge < -0.3 is 10.7 Å². The van der Waals surface area contributed by atoms with Gasteiger partial charge in [0.2, 0.25) is 0 Å². The maximum atomic E-state index is 12.5. The van der Waals surface area contributed by atoms with Crippen LogP contribution in [0.25, 0.3) is 10.2 Å². The van der Waals surface area contributed by atoms with E-state index >= 15 is 0 Å². The van der Waals surface area contributed by atoms with Gasteiger partial charge in [0, 0.05) is 23.9 Å². The van der Waals surface area contributed by atoms with Gasteiger partial charge in [0.15, 0.2) is 0 Å². The molecule has 0 amide bonds. The lowest BCUT2D eigenvalue weighted by Gasteiger charge is -2.05. The summed E-state index contributed by atoms with van der Waals surface area (Å²) in [6.45, 7) is 4.29. The fraction of sp³-hybridized carbons (Fsp3) is 0.286. The summed E-state index contributed by atoms with van der Waals surface area (Å²) in [4.78, 5) is 36.7. The Morgan fingerprint density at radius 3 is 2.86 bits per heavy atom. The van der Waals surface area contributed by atoms with Crippen molar-refractivity contribution in [2.75, 3.05) is 5.73 Å². The molecular formula is C14H15N5O2S. The second-order valence-corrected chi connectivity index (χ2v) is 6.28. The summed E-state index contributed by atoms with van der Waals surface area (Å²) >= 11 is 1.52. The number of hydrogen-bond donors (Lipinski definition) is 2.